The first kappa shape index (κ1) is 15.3. The van der Waals surface area contributed by atoms with Gasteiger partial charge in [0.1, 0.15) is 6.04 Å². The Morgan fingerprint density at radius 1 is 0.952 bits per heavy atom. The Hall–Kier alpha value is -2.11. The van der Waals surface area contributed by atoms with Crippen molar-refractivity contribution in [2.75, 3.05) is 6.54 Å². The molecule has 0 aliphatic rings. The van der Waals surface area contributed by atoms with Crippen molar-refractivity contribution in [1.29, 1.82) is 5.26 Å². The van der Waals surface area contributed by atoms with Gasteiger partial charge in [0, 0.05) is 6.54 Å². The van der Waals surface area contributed by atoms with Gasteiger partial charge in [0.25, 0.3) is 0 Å². The van der Waals surface area contributed by atoms with Crippen LogP contribution in [0, 0.1) is 11.3 Å². The second kappa shape index (κ2) is 7.61. The van der Waals surface area contributed by atoms with Gasteiger partial charge >= 0.3 is 0 Å². The third-order valence-electron chi connectivity index (χ3n) is 3.83. The Kier molecular flexibility index (Phi) is 5.54. The molecule has 0 amide bonds. The quantitative estimate of drug-likeness (QED) is 0.786. The van der Waals surface area contributed by atoms with Crippen molar-refractivity contribution < 1.29 is 0 Å². The third kappa shape index (κ3) is 3.93. The van der Waals surface area contributed by atoms with E-state index in [2.05, 4.69) is 61.2 Å². The van der Waals surface area contributed by atoms with Crippen molar-refractivity contribution >= 4 is 0 Å². The SMILES string of the molecule is CCc1ccc(C(C#N)N(CC)Cc2ccccc2)cc1. The summed E-state index contributed by atoms with van der Waals surface area (Å²) in [6, 6.07) is 21.0. The van der Waals surface area contributed by atoms with Crippen LogP contribution < -0.4 is 0 Å². The van der Waals surface area contributed by atoms with Crippen molar-refractivity contribution in [1.82, 2.24) is 4.90 Å². The van der Waals surface area contributed by atoms with E-state index in [1.165, 1.54) is 11.1 Å². The Morgan fingerprint density at radius 2 is 1.62 bits per heavy atom. The zero-order valence-electron chi connectivity index (χ0n) is 12.8. The number of aryl methyl sites for hydroxylation is 1. The lowest BCUT2D eigenvalue weighted by Gasteiger charge is -2.26. The summed E-state index contributed by atoms with van der Waals surface area (Å²) < 4.78 is 0. The lowest BCUT2D eigenvalue weighted by atomic mass is 10.0. The smallest absolute Gasteiger partial charge is 0.124 e. The van der Waals surface area contributed by atoms with Gasteiger partial charge in [-0.05, 0) is 29.7 Å². The first-order valence-corrected chi connectivity index (χ1v) is 7.54. The Bertz CT molecular complexity index is 581. The van der Waals surface area contributed by atoms with Crippen molar-refractivity contribution in [3.8, 4) is 6.07 Å². The van der Waals surface area contributed by atoms with E-state index in [-0.39, 0.29) is 6.04 Å². The standard InChI is InChI=1S/C19H22N2/c1-3-16-10-12-18(13-11-16)19(14-20)21(4-2)15-17-8-6-5-7-9-17/h5-13,19H,3-4,15H2,1-2H3. The molecule has 0 aromatic heterocycles. The van der Waals surface area contributed by atoms with Gasteiger partial charge in [-0.2, -0.15) is 5.26 Å². The molecule has 0 radical (unpaired) electrons. The number of nitriles is 1. The number of nitrogens with zero attached hydrogens (tertiary/aromatic N) is 2. The Balaban J connectivity index is 2.19. The molecule has 0 aliphatic carbocycles. The maximum atomic E-state index is 9.59. The average molecular weight is 278 g/mol. The normalized spacial score (nSPS) is 12.1. The highest BCUT2D eigenvalue weighted by Crippen LogP contribution is 2.22. The van der Waals surface area contributed by atoms with Gasteiger partial charge in [0.05, 0.1) is 6.07 Å². The molecule has 2 rings (SSSR count). The zero-order valence-corrected chi connectivity index (χ0v) is 12.8. The molecular weight excluding hydrogens is 256 g/mol. The zero-order chi connectivity index (χ0) is 15.1. The van der Waals surface area contributed by atoms with Crippen LogP contribution in [0.15, 0.2) is 54.6 Å². The summed E-state index contributed by atoms with van der Waals surface area (Å²) in [6.07, 6.45) is 1.03. The van der Waals surface area contributed by atoms with E-state index in [0.29, 0.717) is 0 Å². The molecule has 0 heterocycles. The summed E-state index contributed by atoms with van der Waals surface area (Å²) in [4.78, 5) is 2.20. The van der Waals surface area contributed by atoms with Crippen molar-refractivity contribution in [2.24, 2.45) is 0 Å². The van der Waals surface area contributed by atoms with Gasteiger partial charge in [-0.1, -0.05) is 68.4 Å². The maximum absolute atomic E-state index is 9.59. The molecule has 1 atom stereocenters. The van der Waals surface area contributed by atoms with E-state index < -0.39 is 0 Å². The lowest BCUT2D eigenvalue weighted by Crippen LogP contribution is -2.27. The van der Waals surface area contributed by atoms with Gasteiger partial charge in [-0.15, -0.1) is 0 Å². The summed E-state index contributed by atoms with van der Waals surface area (Å²) in [6.45, 7) is 5.89. The molecule has 2 nitrogen and oxygen atoms in total. The van der Waals surface area contributed by atoms with Crippen LogP contribution in [-0.4, -0.2) is 11.4 Å². The molecule has 0 aliphatic heterocycles. The van der Waals surface area contributed by atoms with Crippen LogP contribution in [0.4, 0.5) is 0 Å². The highest BCUT2D eigenvalue weighted by molar-refractivity contribution is 5.29. The molecule has 1 unspecified atom stereocenters. The minimum Gasteiger partial charge on any atom is -0.280 e. The van der Waals surface area contributed by atoms with Crippen LogP contribution in [-0.2, 0) is 13.0 Å². The van der Waals surface area contributed by atoms with Crippen LogP contribution in [0.25, 0.3) is 0 Å². The first-order valence-electron chi connectivity index (χ1n) is 7.54. The second-order valence-corrected chi connectivity index (χ2v) is 5.18. The molecule has 2 heteroatoms. The fraction of sp³-hybridized carbons (Fsp3) is 0.316. The molecular formula is C19H22N2. The average Bonchev–Trinajstić information content (AvgIpc) is 2.56. The van der Waals surface area contributed by atoms with Crippen molar-refractivity contribution in [2.45, 2.75) is 32.9 Å². The van der Waals surface area contributed by atoms with Crippen LogP contribution in [0.2, 0.25) is 0 Å². The number of hydrogen-bond donors (Lipinski definition) is 0. The molecule has 0 bridgehead atoms. The molecule has 0 spiro atoms. The third-order valence-corrected chi connectivity index (χ3v) is 3.83. The van der Waals surface area contributed by atoms with E-state index in [1.54, 1.807) is 0 Å². The highest BCUT2D eigenvalue weighted by atomic mass is 15.1. The minimum absolute atomic E-state index is 0.193. The Morgan fingerprint density at radius 3 is 2.14 bits per heavy atom. The van der Waals surface area contributed by atoms with E-state index in [4.69, 9.17) is 0 Å². The van der Waals surface area contributed by atoms with Gasteiger partial charge < -0.3 is 0 Å². The van der Waals surface area contributed by atoms with E-state index in [0.717, 1.165) is 25.1 Å². The fourth-order valence-electron chi connectivity index (χ4n) is 2.51. The molecule has 0 fully saturated rings. The van der Waals surface area contributed by atoms with Crippen LogP contribution in [0.1, 0.15) is 36.6 Å². The number of rotatable bonds is 6. The Labute approximate surface area is 127 Å². The summed E-state index contributed by atoms with van der Waals surface area (Å²) in [5, 5.41) is 9.59. The fourth-order valence-corrected chi connectivity index (χ4v) is 2.51. The molecule has 0 saturated heterocycles. The van der Waals surface area contributed by atoms with Gasteiger partial charge in [-0.3, -0.25) is 4.90 Å². The van der Waals surface area contributed by atoms with Crippen molar-refractivity contribution in [3.05, 3.63) is 71.3 Å². The van der Waals surface area contributed by atoms with E-state index in [9.17, 15) is 5.26 Å². The highest BCUT2D eigenvalue weighted by Gasteiger charge is 2.18. The monoisotopic (exact) mass is 278 g/mol. The number of hydrogen-bond acceptors (Lipinski definition) is 2. The summed E-state index contributed by atoms with van der Waals surface area (Å²) >= 11 is 0. The lowest BCUT2D eigenvalue weighted by molar-refractivity contribution is 0.239. The second-order valence-electron chi connectivity index (χ2n) is 5.18. The topological polar surface area (TPSA) is 27.0 Å². The molecule has 21 heavy (non-hydrogen) atoms. The summed E-state index contributed by atoms with van der Waals surface area (Å²) in [5.74, 6) is 0. The minimum atomic E-state index is -0.193. The summed E-state index contributed by atoms with van der Waals surface area (Å²) in [7, 11) is 0. The van der Waals surface area contributed by atoms with Gasteiger partial charge in [-0.25, -0.2) is 0 Å². The van der Waals surface area contributed by atoms with Crippen LogP contribution in [0.3, 0.4) is 0 Å². The van der Waals surface area contributed by atoms with Crippen LogP contribution >= 0.6 is 0 Å². The van der Waals surface area contributed by atoms with Gasteiger partial charge in [0.15, 0.2) is 0 Å². The predicted molar refractivity (Wildman–Crippen MR) is 86.7 cm³/mol. The van der Waals surface area contributed by atoms with E-state index >= 15 is 0 Å². The number of benzene rings is 2. The predicted octanol–water partition coefficient (Wildman–Crippen LogP) is 4.34. The molecule has 0 saturated carbocycles. The first-order chi connectivity index (χ1) is 10.3. The van der Waals surface area contributed by atoms with Gasteiger partial charge in [0.2, 0.25) is 0 Å². The molecule has 108 valence electrons. The van der Waals surface area contributed by atoms with Crippen LogP contribution in [0.5, 0.6) is 0 Å². The molecule has 2 aromatic carbocycles. The largest absolute Gasteiger partial charge is 0.280 e. The van der Waals surface area contributed by atoms with Crippen molar-refractivity contribution in [3.63, 3.8) is 0 Å². The summed E-state index contributed by atoms with van der Waals surface area (Å²) in [5.41, 5.74) is 3.62. The van der Waals surface area contributed by atoms with E-state index in [1.807, 2.05) is 18.2 Å². The molecule has 0 N–H and O–H groups in total. The molecule has 2 aromatic rings. The maximum Gasteiger partial charge on any atom is 0.124 e.